The fraction of sp³-hybridized carbons (Fsp3) is 0.238. The fourth-order valence-corrected chi connectivity index (χ4v) is 3.15. The minimum Gasteiger partial charge on any atom is -0.396 e. The third kappa shape index (κ3) is 4.51. The maximum Gasteiger partial charge on any atom is 0.0743 e. The Morgan fingerprint density at radius 2 is 1.84 bits per heavy atom. The van der Waals surface area contributed by atoms with E-state index in [2.05, 4.69) is 77.7 Å². The number of hydrogen-bond donors (Lipinski definition) is 2. The Balaban J connectivity index is 1.77. The smallest absolute Gasteiger partial charge is 0.0743 e. The van der Waals surface area contributed by atoms with E-state index in [1.165, 1.54) is 11.1 Å². The van der Waals surface area contributed by atoms with E-state index >= 15 is 0 Å². The number of benzene rings is 2. The van der Waals surface area contributed by atoms with Gasteiger partial charge in [-0.05, 0) is 41.2 Å². The molecule has 3 rings (SSSR count). The third-order valence-electron chi connectivity index (χ3n) is 3.91. The average Bonchev–Trinajstić information content (AvgIpc) is 2.54. The normalized spacial score (nSPS) is 11.7. The summed E-state index contributed by atoms with van der Waals surface area (Å²) < 4.78 is 1.01. The van der Waals surface area contributed by atoms with Crippen molar-refractivity contribution in [3.05, 3.63) is 70.7 Å². The molecule has 0 aliphatic rings. The summed E-state index contributed by atoms with van der Waals surface area (Å²) in [6, 6.07) is 14.7. The number of hydrogen-bond acceptors (Lipinski definition) is 3. The van der Waals surface area contributed by atoms with Crippen molar-refractivity contribution in [3.8, 4) is 0 Å². The molecule has 2 aromatic carbocycles. The van der Waals surface area contributed by atoms with Crippen LogP contribution in [0.25, 0.3) is 10.9 Å². The van der Waals surface area contributed by atoms with Gasteiger partial charge in [-0.15, -0.1) is 0 Å². The third-order valence-corrected chi connectivity index (χ3v) is 4.40. The van der Waals surface area contributed by atoms with E-state index in [4.69, 9.17) is 5.73 Å². The highest BCUT2D eigenvalue weighted by Gasteiger charge is 2.11. The van der Waals surface area contributed by atoms with Gasteiger partial charge in [-0.1, -0.05) is 61.0 Å². The zero-order valence-electron chi connectivity index (χ0n) is 14.8. The molecule has 0 fully saturated rings. The highest BCUT2D eigenvalue weighted by atomic mass is 79.9. The van der Waals surface area contributed by atoms with E-state index in [0.717, 1.165) is 27.6 Å². The summed E-state index contributed by atoms with van der Waals surface area (Å²) in [6.07, 6.45) is 3.98. The summed E-state index contributed by atoms with van der Waals surface area (Å²) in [7, 11) is 0. The van der Waals surface area contributed by atoms with E-state index in [1.807, 2.05) is 18.2 Å². The summed E-state index contributed by atoms with van der Waals surface area (Å²) in [4.78, 5) is 4.40. The lowest BCUT2D eigenvalue weighted by atomic mass is 9.88. The van der Waals surface area contributed by atoms with Gasteiger partial charge in [-0.2, -0.15) is 0 Å². The summed E-state index contributed by atoms with van der Waals surface area (Å²) in [6.45, 7) is 7.34. The Morgan fingerprint density at radius 3 is 2.52 bits per heavy atom. The summed E-state index contributed by atoms with van der Waals surface area (Å²) in [5.41, 5.74) is 11.3. The van der Waals surface area contributed by atoms with E-state index < -0.39 is 0 Å². The predicted molar refractivity (Wildman–Crippen MR) is 110 cm³/mol. The van der Waals surface area contributed by atoms with E-state index in [9.17, 15) is 0 Å². The van der Waals surface area contributed by atoms with Crippen LogP contribution in [0, 0.1) is 11.8 Å². The van der Waals surface area contributed by atoms with Crippen LogP contribution in [0.4, 0.5) is 11.4 Å². The van der Waals surface area contributed by atoms with Crippen LogP contribution in [-0.4, -0.2) is 4.98 Å². The van der Waals surface area contributed by atoms with E-state index in [-0.39, 0.29) is 5.41 Å². The number of rotatable bonds is 4. The molecule has 25 heavy (non-hydrogen) atoms. The van der Waals surface area contributed by atoms with Gasteiger partial charge in [0, 0.05) is 16.4 Å². The topological polar surface area (TPSA) is 50.9 Å². The van der Waals surface area contributed by atoms with Crippen molar-refractivity contribution in [2.24, 2.45) is 5.41 Å². The molecule has 0 aliphatic heterocycles. The predicted octanol–water partition coefficient (Wildman–Crippen LogP) is 5.79. The minimum atomic E-state index is 0.179. The van der Waals surface area contributed by atoms with Crippen LogP contribution < -0.4 is 11.1 Å². The molecule has 1 radical (unpaired) electrons. The van der Waals surface area contributed by atoms with Gasteiger partial charge in [0.15, 0.2) is 0 Å². The van der Waals surface area contributed by atoms with Gasteiger partial charge < -0.3 is 11.1 Å². The molecule has 3 aromatic rings. The molecule has 0 atom stereocenters. The van der Waals surface area contributed by atoms with Crippen molar-refractivity contribution in [1.29, 1.82) is 0 Å². The van der Waals surface area contributed by atoms with E-state index in [0.29, 0.717) is 5.69 Å². The quantitative estimate of drug-likeness (QED) is 0.586. The fourth-order valence-electron chi connectivity index (χ4n) is 2.80. The van der Waals surface area contributed by atoms with Gasteiger partial charge in [-0.25, -0.2) is 0 Å². The van der Waals surface area contributed by atoms with Gasteiger partial charge >= 0.3 is 0 Å². The molecule has 1 heterocycles. The second kappa shape index (κ2) is 7.04. The number of nitrogen functional groups attached to an aromatic ring is 1. The molecule has 4 heteroatoms. The van der Waals surface area contributed by atoms with Crippen LogP contribution in [0.15, 0.2) is 53.1 Å². The Morgan fingerprint density at radius 1 is 1.12 bits per heavy atom. The molecule has 129 valence electrons. The highest BCUT2D eigenvalue weighted by molar-refractivity contribution is 9.10. The van der Waals surface area contributed by atoms with Crippen molar-refractivity contribution in [3.63, 3.8) is 0 Å². The second-order valence-corrected chi connectivity index (χ2v) is 8.27. The summed E-state index contributed by atoms with van der Waals surface area (Å²) in [5.74, 6) is 0. The Kier molecular flexibility index (Phi) is 5.00. The molecule has 3 nitrogen and oxygen atoms in total. The standard InChI is InChI=1S/C21H23BrN3/c1-21(2,3)11-14-4-6-15(7-5-14)12-25-20-17-9-8-16(22)10-19(17)24-13-18(20)23/h4-11,13H,12,23H2,1-3H3,(H,24,25). The van der Waals surface area contributed by atoms with Gasteiger partial charge in [0.2, 0.25) is 0 Å². The van der Waals surface area contributed by atoms with Crippen LogP contribution in [-0.2, 0) is 6.54 Å². The van der Waals surface area contributed by atoms with Gasteiger partial charge in [0.05, 0.1) is 23.1 Å². The number of nitrogens with two attached hydrogens (primary N) is 1. The number of halogens is 1. The van der Waals surface area contributed by atoms with Gasteiger partial charge in [0.25, 0.3) is 0 Å². The molecular formula is C21H23BrN3. The SMILES string of the molecule is CC(C)(C)[CH]c1ccc(CNc2c(N)cnc3cc(Br)ccc23)cc1. The molecule has 0 spiro atoms. The molecular weight excluding hydrogens is 374 g/mol. The first-order chi connectivity index (χ1) is 11.8. The van der Waals surface area contributed by atoms with Crippen molar-refractivity contribution in [1.82, 2.24) is 4.98 Å². The number of fused-ring (bicyclic) bond motifs is 1. The highest BCUT2D eigenvalue weighted by Crippen LogP contribution is 2.30. The lowest BCUT2D eigenvalue weighted by molar-refractivity contribution is 0.506. The summed E-state index contributed by atoms with van der Waals surface area (Å²) in [5, 5.41) is 4.50. The van der Waals surface area contributed by atoms with Crippen molar-refractivity contribution < 1.29 is 0 Å². The average molecular weight is 397 g/mol. The van der Waals surface area contributed by atoms with Gasteiger partial charge in [0.1, 0.15) is 0 Å². The van der Waals surface area contributed by atoms with E-state index in [1.54, 1.807) is 6.20 Å². The van der Waals surface area contributed by atoms with Crippen LogP contribution in [0.2, 0.25) is 0 Å². The molecule has 3 N–H and O–H groups in total. The molecule has 0 saturated heterocycles. The minimum absolute atomic E-state index is 0.179. The maximum absolute atomic E-state index is 6.14. The van der Waals surface area contributed by atoms with Crippen LogP contribution in [0.1, 0.15) is 31.9 Å². The van der Waals surface area contributed by atoms with Crippen molar-refractivity contribution in [2.75, 3.05) is 11.1 Å². The Hall–Kier alpha value is -2.07. The van der Waals surface area contributed by atoms with Crippen LogP contribution in [0.3, 0.4) is 0 Å². The Bertz CT molecular complexity index is 880. The largest absolute Gasteiger partial charge is 0.396 e. The molecule has 0 amide bonds. The summed E-state index contributed by atoms with van der Waals surface area (Å²) >= 11 is 3.48. The monoisotopic (exact) mass is 396 g/mol. The zero-order valence-corrected chi connectivity index (χ0v) is 16.4. The number of anilines is 2. The van der Waals surface area contributed by atoms with Crippen LogP contribution >= 0.6 is 15.9 Å². The molecule has 0 aliphatic carbocycles. The first-order valence-corrected chi connectivity index (χ1v) is 9.13. The lowest BCUT2D eigenvalue weighted by Crippen LogP contribution is -2.07. The Labute approximate surface area is 157 Å². The van der Waals surface area contributed by atoms with Gasteiger partial charge in [-0.3, -0.25) is 4.98 Å². The van der Waals surface area contributed by atoms with Crippen molar-refractivity contribution >= 4 is 38.2 Å². The first-order valence-electron chi connectivity index (χ1n) is 8.34. The molecule has 0 bridgehead atoms. The molecule has 0 unspecified atom stereocenters. The number of nitrogens with zero attached hydrogens (tertiary/aromatic N) is 1. The van der Waals surface area contributed by atoms with Crippen LogP contribution in [0.5, 0.6) is 0 Å². The van der Waals surface area contributed by atoms with Crippen molar-refractivity contribution in [2.45, 2.75) is 27.3 Å². The number of aromatic nitrogens is 1. The number of nitrogens with one attached hydrogen (secondary N) is 1. The maximum atomic E-state index is 6.14. The molecule has 0 saturated carbocycles. The first kappa shape index (κ1) is 17.7. The second-order valence-electron chi connectivity index (χ2n) is 7.36. The number of pyridine rings is 1. The zero-order chi connectivity index (χ0) is 18.0. The lowest BCUT2D eigenvalue weighted by Gasteiger charge is -2.18. The molecule has 1 aromatic heterocycles.